The van der Waals surface area contributed by atoms with E-state index < -0.39 is 6.61 Å². The summed E-state index contributed by atoms with van der Waals surface area (Å²) < 4.78 is 28.4. The van der Waals surface area contributed by atoms with Crippen molar-refractivity contribution in [2.24, 2.45) is 0 Å². The molecule has 0 radical (unpaired) electrons. The molecule has 0 aliphatic rings. The lowest BCUT2D eigenvalue weighted by Crippen LogP contribution is -2.27. The molecule has 0 heterocycles. The standard InChI is InChI=1S/C19H21F2NO2/c1-13-3-4-16(11-14(13)2)12-18(23)22-10-9-15-5-7-17(8-6-15)24-19(20)21/h3-8,11,19H,9-10,12H2,1-2H3,(H,22,23). The maximum absolute atomic E-state index is 12.1. The predicted octanol–water partition coefficient (Wildman–Crippen LogP) is 3.81. The van der Waals surface area contributed by atoms with Crippen LogP contribution in [0.1, 0.15) is 22.3 Å². The van der Waals surface area contributed by atoms with Crippen LogP contribution in [-0.2, 0) is 17.6 Å². The van der Waals surface area contributed by atoms with E-state index in [1.54, 1.807) is 12.1 Å². The van der Waals surface area contributed by atoms with Crippen LogP contribution in [0.5, 0.6) is 5.75 Å². The topological polar surface area (TPSA) is 38.3 Å². The monoisotopic (exact) mass is 333 g/mol. The van der Waals surface area contributed by atoms with Gasteiger partial charge in [-0.25, -0.2) is 0 Å². The molecule has 0 fully saturated rings. The van der Waals surface area contributed by atoms with E-state index in [1.807, 2.05) is 32.0 Å². The Morgan fingerprint density at radius 1 is 1.04 bits per heavy atom. The third kappa shape index (κ3) is 5.65. The van der Waals surface area contributed by atoms with Crippen molar-refractivity contribution in [2.45, 2.75) is 33.3 Å². The van der Waals surface area contributed by atoms with Gasteiger partial charge in [-0.3, -0.25) is 4.79 Å². The van der Waals surface area contributed by atoms with E-state index in [0.717, 1.165) is 11.1 Å². The Morgan fingerprint density at radius 3 is 2.33 bits per heavy atom. The maximum Gasteiger partial charge on any atom is 0.387 e. The zero-order chi connectivity index (χ0) is 17.5. The third-order valence-electron chi connectivity index (χ3n) is 3.82. The molecule has 24 heavy (non-hydrogen) atoms. The van der Waals surface area contributed by atoms with E-state index in [4.69, 9.17) is 0 Å². The van der Waals surface area contributed by atoms with Crippen LogP contribution < -0.4 is 10.1 Å². The van der Waals surface area contributed by atoms with Crippen LogP contribution in [0.2, 0.25) is 0 Å². The molecule has 0 aliphatic heterocycles. The largest absolute Gasteiger partial charge is 0.435 e. The number of halogens is 2. The molecule has 2 aromatic carbocycles. The molecule has 0 aliphatic carbocycles. The number of carbonyl (C=O) groups is 1. The summed E-state index contributed by atoms with van der Waals surface area (Å²) in [6, 6.07) is 12.4. The van der Waals surface area contributed by atoms with Gasteiger partial charge in [0.2, 0.25) is 5.91 Å². The Bertz CT molecular complexity index is 684. The van der Waals surface area contributed by atoms with Gasteiger partial charge in [-0.15, -0.1) is 0 Å². The van der Waals surface area contributed by atoms with Crippen LogP contribution in [-0.4, -0.2) is 19.1 Å². The molecule has 0 saturated heterocycles. The lowest BCUT2D eigenvalue weighted by Gasteiger charge is -2.08. The molecule has 0 bridgehead atoms. The molecule has 1 N–H and O–H groups in total. The Balaban J connectivity index is 1.76. The molecule has 0 atom stereocenters. The molecule has 2 aromatic rings. The number of hydrogen-bond donors (Lipinski definition) is 1. The average Bonchev–Trinajstić information content (AvgIpc) is 2.52. The first kappa shape index (κ1) is 17.9. The number of carbonyl (C=O) groups excluding carboxylic acids is 1. The highest BCUT2D eigenvalue weighted by Crippen LogP contribution is 2.15. The summed E-state index contributed by atoms with van der Waals surface area (Å²) in [6.07, 6.45) is 0.982. The van der Waals surface area contributed by atoms with Crippen molar-refractivity contribution in [2.75, 3.05) is 6.54 Å². The Hall–Kier alpha value is -2.43. The van der Waals surface area contributed by atoms with Gasteiger partial charge in [0.15, 0.2) is 0 Å². The number of aryl methyl sites for hydroxylation is 2. The second-order valence-electron chi connectivity index (χ2n) is 5.72. The smallest absolute Gasteiger partial charge is 0.387 e. The van der Waals surface area contributed by atoms with Gasteiger partial charge in [0, 0.05) is 6.54 Å². The van der Waals surface area contributed by atoms with Gasteiger partial charge in [-0.2, -0.15) is 8.78 Å². The van der Waals surface area contributed by atoms with Gasteiger partial charge in [0.1, 0.15) is 5.75 Å². The summed E-state index contributed by atoms with van der Waals surface area (Å²) >= 11 is 0. The first-order valence-electron chi connectivity index (χ1n) is 7.80. The summed E-state index contributed by atoms with van der Waals surface area (Å²) in [4.78, 5) is 12.0. The molecule has 0 aromatic heterocycles. The Kier molecular flexibility index (Phi) is 6.29. The average molecular weight is 333 g/mol. The van der Waals surface area contributed by atoms with Crippen molar-refractivity contribution in [3.05, 3.63) is 64.7 Å². The molecular weight excluding hydrogens is 312 g/mol. The van der Waals surface area contributed by atoms with Crippen LogP contribution in [0.3, 0.4) is 0 Å². The summed E-state index contributed by atoms with van der Waals surface area (Å²) in [5, 5.41) is 2.87. The quantitative estimate of drug-likeness (QED) is 0.837. The molecular formula is C19H21F2NO2. The molecule has 5 heteroatoms. The number of alkyl halides is 2. The summed E-state index contributed by atoms with van der Waals surface area (Å²) in [7, 11) is 0. The number of benzene rings is 2. The zero-order valence-electron chi connectivity index (χ0n) is 13.8. The minimum Gasteiger partial charge on any atom is -0.435 e. The predicted molar refractivity (Wildman–Crippen MR) is 89.4 cm³/mol. The van der Waals surface area contributed by atoms with E-state index in [2.05, 4.69) is 10.1 Å². The molecule has 0 spiro atoms. The summed E-state index contributed by atoms with van der Waals surface area (Å²) in [6.45, 7) is 1.74. The van der Waals surface area contributed by atoms with Gasteiger partial charge in [-0.05, 0) is 54.7 Å². The van der Waals surface area contributed by atoms with Gasteiger partial charge in [0.25, 0.3) is 0 Å². The fourth-order valence-corrected chi connectivity index (χ4v) is 2.35. The van der Waals surface area contributed by atoms with Crippen LogP contribution in [0.15, 0.2) is 42.5 Å². The van der Waals surface area contributed by atoms with E-state index >= 15 is 0 Å². The highest BCUT2D eigenvalue weighted by molar-refractivity contribution is 5.78. The highest BCUT2D eigenvalue weighted by atomic mass is 19.3. The number of ether oxygens (including phenoxy) is 1. The molecule has 0 unspecified atom stereocenters. The van der Waals surface area contributed by atoms with E-state index in [9.17, 15) is 13.6 Å². The second-order valence-corrected chi connectivity index (χ2v) is 5.72. The third-order valence-corrected chi connectivity index (χ3v) is 3.82. The van der Waals surface area contributed by atoms with Crippen molar-refractivity contribution < 1.29 is 18.3 Å². The summed E-state index contributed by atoms with van der Waals surface area (Å²) in [5.41, 5.74) is 4.32. The van der Waals surface area contributed by atoms with Crippen LogP contribution >= 0.6 is 0 Å². The second kappa shape index (κ2) is 8.43. The van der Waals surface area contributed by atoms with Crippen molar-refractivity contribution >= 4 is 5.91 Å². The fraction of sp³-hybridized carbons (Fsp3) is 0.316. The van der Waals surface area contributed by atoms with Crippen molar-refractivity contribution in [1.82, 2.24) is 5.32 Å². The minimum atomic E-state index is -2.82. The van der Waals surface area contributed by atoms with Crippen molar-refractivity contribution in [1.29, 1.82) is 0 Å². The molecule has 3 nitrogen and oxygen atoms in total. The Morgan fingerprint density at radius 2 is 1.71 bits per heavy atom. The van der Waals surface area contributed by atoms with Gasteiger partial charge < -0.3 is 10.1 Å². The highest BCUT2D eigenvalue weighted by Gasteiger charge is 2.06. The van der Waals surface area contributed by atoms with Crippen LogP contribution in [0.25, 0.3) is 0 Å². The van der Waals surface area contributed by atoms with Crippen LogP contribution in [0.4, 0.5) is 8.78 Å². The summed E-state index contributed by atoms with van der Waals surface area (Å²) in [5.74, 6) is 0.100. The molecule has 0 saturated carbocycles. The number of nitrogens with one attached hydrogen (secondary N) is 1. The van der Waals surface area contributed by atoms with Gasteiger partial charge >= 0.3 is 6.61 Å². The number of hydrogen-bond acceptors (Lipinski definition) is 2. The normalized spacial score (nSPS) is 10.7. The minimum absolute atomic E-state index is 0.0316. The maximum atomic E-state index is 12.1. The number of rotatable bonds is 7. The van der Waals surface area contributed by atoms with E-state index in [-0.39, 0.29) is 11.7 Å². The molecule has 2 rings (SSSR count). The molecule has 1 amide bonds. The first-order valence-corrected chi connectivity index (χ1v) is 7.80. The number of amides is 1. The van der Waals surface area contributed by atoms with E-state index in [0.29, 0.717) is 19.4 Å². The zero-order valence-corrected chi connectivity index (χ0v) is 13.8. The molecule has 128 valence electrons. The van der Waals surface area contributed by atoms with Gasteiger partial charge in [0.05, 0.1) is 6.42 Å². The van der Waals surface area contributed by atoms with Crippen LogP contribution in [0, 0.1) is 13.8 Å². The SMILES string of the molecule is Cc1ccc(CC(=O)NCCc2ccc(OC(F)F)cc2)cc1C. The van der Waals surface area contributed by atoms with Crippen molar-refractivity contribution in [3.8, 4) is 5.75 Å². The lowest BCUT2D eigenvalue weighted by molar-refractivity contribution is -0.120. The lowest BCUT2D eigenvalue weighted by atomic mass is 10.0. The van der Waals surface area contributed by atoms with Crippen molar-refractivity contribution in [3.63, 3.8) is 0 Å². The van der Waals surface area contributed by atoms with Gasteiger partial charge in [-0.1, -0.05) is 30.3 Å². The first-order chi connectivity index (χ1) is 11.4. The fourth-order valence-electron chi connectivity index (χ4n) is 2.35. The Labute approximate surface area is 140 Å². The van der Waals surface area contributed by atoms with E-state index in [1.165, 1.54) is 23.3 Å².